The van der Waals surface area contributed by atoms with E-state index >= 15 is 0 Å². The summed E-state index contributed by atoms with van der Waals surface area (Å²) in [6.45, 7) is 0.850. The highest BCUT2D eigenvalue weighted by Gasteiger charge is 2.53. The number of halogens is 1. The van der Waals surface area contributed by atoms with Crippen LogP contribution >= 0.6 is 15.9 Å². The lowest BCUT2D eigenvalue weighted by Crippen LogP contribution is -2.50. The number of methoxy groups -OCH3 is 2. The Morgan fingerprint density at radius 1 is 1.00 bits per heavy atom. The smallest absolute Gasteiger partial charge is 0.252 e. The average Bonchev–Trinajstić information content (AvgIpc) is 3.52. The van der Waals surface area contributed by atoms with Crippen molar-refractivity contribution in [1.29, 1.82) is 0 Å². The van der Waals surface area contributed by atoms with Crippen molar-refractivity contribution in [2.45, 2.75) is 37.5 Å². The van der Waals surface area contributed by atoms with Gasteiger partial charge in [0.2, 0.25) is 5.90 Å². The third-order valence-corrected chi connectivity index (χ3v) is 8.78. The van der Waals surface area contributed by atoms with Gasteiger partial charge in [0.25, 0.3) is 5.91 Å². The Hall–Kier alpha value is -5.03. The normalized spacial score (nSPS) is 16.6. The molecular formula is C37H38BrN5O6. The first-order valence-electron chi connectivity index (χ1n) is 15.8. The molecule has 1 aliphatic rings. The quantitative estimate of drug-likeness (QED) is 0.0556. The topological polar surface area (TPSA) is 147 Å². The van der Waals surface area contributed by atoms with E-state index in [1.54, 1.807) is 14.2 Å². The first-order chi connectivity index (χ1) is 23.9. The van der Waals surface area contributed by atoms with Gasteiger partial charge in [-0.05, 0) is 88.8 Å². The number of aliphatic hydroxyl groups excluding tert-OH is 1. The number of benzene rings is 4. The molecule has 0 radical (unpaired) electrons. The molecule has 0 unspecified atom stereocenters. The summed E-state index contributed by atoms with van der Waals surface area (Å²) in [7, 11) is 3.21. The number of aliphatic imine (C=N–C) groups is 1. The van der Waals surface area contributed by atoms with Crippen molar-refractivity contribution in [2.75, 3.05) is 34.0 Å². The van der Waals surface area contributed by atoms with E-state index in [0.717, 1.165) is 26.7 Å². The molecular weight excluding hydrogens is 690 g/mol. The monoisotopic (exact) mass is 727 g/mol. The van der Waals surface area contributed by atoms with Crippen molar-refractivity contribution in [1.82, 2.24) is 5.32 Å². The maximum Gasteiger partial charge on any atom is 0.252 e. The molecule has 0 aliphatic carbocycles. The highest BCUT2D eigenvalue weighted by Crippen LogP contribution is 2.43. The molecule has 11 nitrogen and oxygen atoms in total. The molecule has 254 valence electrons. The minimum absolute atomic E-state index is 0.0450. The Kier molecular flexibility index (Phi) is 12.2. The van der Waals surface area contributed by atoms with Crippen molar-refractivity contribution in [3.8, 4) is 17.2 Å². The zero-order valence-electron chi connectivity index (χ0n) is 27.3. The minimum atomic E-state index is -1.44. The second-order valence-corrected chi connectivity index (χ2v) is 12.3. The third-order valence-electron chi connectivity index (χ3n) is 8.25. The maximum atomic E-state index is 14.7. The molecule has 0 aromatic heterocycles. The van der Waals surface area contributed by atoms with Gasteiger partial charge in [-0.15, -0.1) is 0 Å². The standard InChI is InChI=1S/C37H38BrN5O6/c1-46-32-16-17-33(47-2)27(22-32)18-19-40-36(45)37(23-28-6-3-4-7-29(28)24-41-43-39)34(25-8-12-30(38)13-9-25)49-35(42-37)26-10-14-31(15-11-26)48-21-5-20-44/h3-4,6-17,22,34,44H,5,18-21,23-24H2,1-2H3,(H,40,45)/t34-,37-/m1/s1. The molecule has 0 fully saturated rings. The lowest BCUT2D eigenvalue weighted by Gasteiger charge is -2.31. The number of ether oxygens (including phenoxy) is 4. The lowest BCUT2D eigenvalue weighted by atomic mass is 9.81. The molecule has 1 amide bonds. The molecule has 0 saturated carbocycles. The highest BCUT2D eigenvalue weighted by atomic mass is 79.9. The van der Waals surface area contributed by atoms with Gasteiger partial charge in [-0.3, -0.25) is 4.79 Å². The molecule has 4 aromatic carbocycles. The fraction of sp³-hybridized carbons (Fsp3) is 0.297. The van der Waals surface area contributed by atoms with Crippen LogP contribution < -0.4 is 19.5 Å². The zero-order chi connectivity index (χ0) is 34.6. The van der Waals surface area contributed by atoms with E-state index in [1.165, 1.54) is 0 Å². The molecule has 1 aliphatic heterocycles. The number of carbonyl (C=O) groups is 1. The van der Waals surface area contributed by atoms with Gasteiger partial charge in [0, 0.05) is 40.9 Å². The third kappa shape index (κ3) is 8.53. The molecule has 0 saturated heterocycles. The number of nitrogens with zero attached hydrogens (tertiary/aromatic N) is 4. The fourth-order valence-electron chi connectivity index (χ4n) is 5.74. The van der Waals surface area contributed by atoms with Crippen molar-refractivity contribution in [2.24, 2.45) is 10.1 Å². The van der Waals surface area contributed by atoms with E-state index in [9.17, 15) is 4.79 Å². The van der Waals surface area contributed by atoms with E-state index in [1.807, 2.05) is 91.0 Å². The van der Waals surface area contributed by atoms with Crippen LogP contribution in [0.5, 0.6) is 17.2 Å². The van der Waals surface area contributed by atoms with Crippen LogP contribution in [0.4, 0.5) is 0 Å². The first kappa shape index (κ1) is 35.3. The summed E-state index contributed by atoms with van der Waals surface area (Å²) in [5.41, 5.74) is 11.6. The van der Waals surface area contributed by atoms with Crippen molar-refractivity contribution in [3.63, 3.8) is 0 Å². The summed E-state index contributed by atoms with van der Waals surface area (Å²) < 4.78 is 24.2. The summed E-state index contributed by atoms with van der Waals surface area (Å²) in [5.74, 6) is 2.02. The van der Waals surface area contributed by atoms with Crippen molar-refractivity contribution >= 4 is 27.7 Å². The molecule has 0 bridgehead atoms. The number of aliphatic hydroxyl groups is 1. The predicted molar refractivity (Wildman–Crippen MR) is 190 cm³/mol. The largest absolute Gasteiger partial charge is 0.497 e. The molecule has 5 rings (SSSR count). The highest BCUT2D eigenvalue weighted by molar-refractivity contribution is 9.10. The van der Waals surface area contributed by atoms with Crippen LogP contribution in [-0.2, 0) is 28.9 Å². The SMILES string of the molecule is COc1ccc(OC)c(CCNC(=O)[C@]2(Cc3ccccc3CN=[N+]=[N-])N=C(c3ccc(OCCCO)cc3)O[C@@H]2c2ccc(Br)cc2)c1. The van der Waals surface area contributed by atoms with E-state index in [-0.39, 0.29) is 25.5 Å². The second-order valence-electron chi connectivity index (χ2n) is 11.4. The second kappa shape index (κ2) is 16.9. The molecule has 2 N–H and O–H groups in total. The molecule has 0 spiro atoms. The summed E-state index contributed by atoms with van der Waals surface area (Å²) in [6.07, 6.45) is 0.379. The Bertz CT molecular complexity index is 1810. The van der Waals surface area contributed by atoms with Gasteiger partial charge in [0.05, 0.1) is 27.4 Å². The molecule has 1 heterocycles. The number of azide groups is 1. The Labute approximate surface area is 293 Å². The Balaban J connectivity index is 1.56. The van der Waals surface area contributed by atoms with Gasteiger partial charge in [0.1, 0.15) is 17.2 Å². The van der Waals surface area contributed by atoms with Crippen molar-refractivity contribution in [3.05, 3.63) is 134 Å². The van der Waals surface area contributed by atoms with Gasteiger partial charge in [0.15, 0.2) is 11.6 Å². The number of hydrogen-bond acceptors (Lipinski definition) is 8. The molecule has 12 heteroatoms. The van der Waals surface area contributed by atoms with Gasteiger partial charge in [-0.2, -0.15) is 0 Å². The average molecular weight is 729 g/mol. The Morgan fingerprint density at radius 3 is 2.43 bits per heavy atom. The van der Waals surface area contributed by atoms with Gasteiger partial charge < -0.3 is 29.4 Å². The van der Waals surface area contributed by atoms with Gasteiger partial charge in [-0.1, -0.05) is 57.4 Å². The number of nitrogens with one attached hydrogen (secondary N) is 1. The van der Waals surface area contributed by atoms with Crippen LogP contribution in [0.2, 0.25) is 0 Å². The number of carbonyl (C=O) groups excluding carboxylic acids is 1. The van der Waals surface area contributed by atoms with E-state index in [2.05, 4.69) is 31.3 Å². The summed E-state index contributed by atoms with van der Waals surface area (Å²) in [5, 5.41) is 16.1. The van der Waals surface area contributed by atoms with Crippen LogP contribution in [0.3, 0.4) is 0 Å². The molecule has 2 atom stereocenters. The van der Waals surface area contributed by atoms with Crippen LogP contribution in [-0.4, -0.2) is 56.4 Å². The van der Waals surface area contributed by atoms with E-state index in [4.69, 9.17) is 34.6 Å². The predicted octanol–water partition coefficient (Wildman–Crippen LogP) is 6.90. The van der Waals surface area contributed by atoms with Crippen molar-refractivity contribution < 1.29 is 28.8 Å². The summed E-state index contributed by atoms with van der Waals surface area (Å²) >= 11 is 3.52. The van der Waals surface area contributed by atoms with Gasteiger partial charge in [-0.25, -0.2) is 4.99 Å². The van der Waals surface area contributed by atoms with E-state index in [0.29, 0.717) is 54.7 Å². The minimum Gasteiger partial charge on any atom is -0.497 e. The fourth-order valence-corrected chi connectivity index (χ4v) is 6.01. The van der Waals surface area contributed by atoms with Crippen LogP contribution in [0.25, 0.3) is 10.4 Å². The maximum absolute atomic E-state index is 14.7. The first-order valence-corrected chi connectivity index (χ1v) is 16.6. The Morgan fingerprint density at radius 2 is 1.73 bits per heavy atom. The van der Waals surface area contributed by atoms with Gasteiger partial charge >= 0.3 is 0 Å². The van der Waals surface area contributed by atoms with Crippen LogP contribution in [0.1, 0.15) is 40.3 Å². The zero-order valence-corrected chi connectivity index (χ0v) is 28.9. The van der Waals surface area contributed by atoms with Crippen LogP contribution in [0.15, 0.2) is 106 Å². The van der Waals surface area contributed by atoms with E-state index < -0.39 is 11.6 Å². The molecule has 4 aromatic rings. The van der Waals surface area contributed by atoms with Crippen LogP contribution in [0, 0.1) is 0 Å². The summed E-state index contributed by atoms with van der Waals surface area (Å²) in [6, 6.07) is 28.1. The summed E-state index contributed by atoms with van der Waals surface area (Å²) in [4.78, 5) is 22.8. The lowest BCUT2D eigenvalue weighted by molar-refractivity contribution is -0.128. The molecule has 49 heavy (non-hydrogen) atoms. The number of hydrogen-bond donors (Lipinski definition) is 2. The number of rotatable bonds is 16. The number of amides is 1.